The quantitative estimate of drug-likeness (QED) is 0.393. The first-order chi connectivity index (χ1) is 15.7. The molecule has 0 aliphatic rings. The summed E-state index contributed by atoms with van der Waals surface area (Å²) in [6.45, 7) is 4.06. The Morgan fingerprint density at radius 2 is 1.91 bits per heavy atom. The zero-order valence-electron chi connectivity index (χ0n) is 18.6. The van der Waals surface area contributed by atoms with Gasteiger partial charge in [0.25, 0.3) is 5.91 Å². The number of aliphatic hydroxyl groups is 1. The number of likely N-dealkylation sites (N-methyl/N-ethyl adjacent to an activating group) is 1. The van der Waals surface area contributed by atoms with Crippen molar-refractivity contribution in [2.45, 2.75) is 19.4 Å². The van der Waals surface area contributed by atoms with E-state index in [1.165, 1.54) is 6.07 Å². The van der Waals surface area contributed by atoms with Gasteiger partial charge in [-0.25, -0.2) is 9.37 Å². The molecule has 0 spiro atoms. The van der Waals surface area contributed by atoms with Crippen LogP contribution in [-0.4, -0.2) is 41.2 Å². The number of amides is 1. The number of carbonyl (C=O) groups is 1. The van der Waals surface area contributed by atoms with E-state index >= 15 is 0 Å². The molecule has 0 aliphatic heterocycles. The Morgan fingerprint density at radius 1 is 1.15 bits per heavy atom. The van der Waals surface area contributed by atoms with Crippen LogP contribution >= 0.6 is 0 Å². The van der Waals surface area contributed by atoms with Crippen molar-refractivity contribution in [1.29, 1.82) is 0 Å². The van der Waals surface area contributed by atoms with Crippen LogP contribution < -0.4 is 15.6 Å². The molecule has 33 heavy (non-hydrogen) atoms. The fraction of sp³-hybridized carbons (Fsp3) is 0.240. The number of aliphatic hydroxyl groups excluding tert-OH is 1. The van der Waals surface area contributed by atoms with Gasteiger partial charge in [0, 0.05) is 36.1 Å². The number of rotatable bonds is 6. The standard InChI is InChI=1S/C25H25FN4O3/c1-25(2,15-8-9-22(27-14-15)30(3)10-11-31)29-24(33)17-13-21-18(12-19(17)26)23(32)16-6-4-5-7-20(16)28-21/h4-9,12-14,31H,10-11H2,1-3H3,(H,28,32)(H,29,33). The van der Waals surface area contributed by atoms with Gasteiger partial charge in [-0.2, -0.15) is 0 Å². The maximum Gasteiger partial charge on any atom is 0.255 e. The van der Waals surface area contributed by atoms with E-state index in [4.69, 9.17) is 5.11 Å². The highest BCUT2D eigenvalue weighted by atomic mass is 19.1. The summed E-state index contributed by atoms with van der Waals surface area (Å²) in [6.07, 6.45) is 1.64. The van der Waals surface area contributed by atoms with Gasteiger partial charge in [-0.1, -0.05) is 18.2 Å². The lowest BCUT2D eigenvalue weighted by atomic mass is 9.95. The third kappa shape index (κ3) is 4.29. The molecule has 170 valence electrons. The van der Waals surface area contributed by atoms with Crippen molar-refractivity contribution < 1.29 is 14.3 Å². The highest BCUT2D eigenvalue weighted by molar-refractivity contribution is 6.00. The fourth-order valence-electron chi connectivity index (χ4n) is 3.79. The molecule has 2 aromatic heterocycles. The highest BCUT2D eigenvalue weighted by Gasteiger charge is 2.26. The molecule has 0 aliphatic carbocycles. The summed E-state index contributed by atoms with van der Waals surface area (Å²) in [5.74, 6) is -0.683. The Hall–Kier alpha value is -3.78. The van der Waals surface area contributed by atoms with E-state index in [0.29, 0.717) is 28.8 Å². The molecule has 7 nitrogen and oxygen atoms in total. The van der Waals surface area contributed by atoms with Crippen LogP contribution in [0.25, 0.3) is 21.8 Å². The Morgan fingerprint density at radius 3 is 2.61 bits per heavy atom. The fourth-order valence-corrected chi connectivity index (χ4v) is 3.79. The summed E-state index contributed by atoms with van der Waals surface area (Å²) in [6, 6.07) is 13.1. The molecule has 2 heterocycles. The number of anilines is 1. The van der Waals surface area contributed by atoms with E-state index in [-0.39, 0.29) is 23.0 Å². The first-order valence-electron chi connectivity index (χ1n) is 10.6. The maximum atomic E-state index is 14.9. The largest absolute Gasteiger partial charge is 0.395 e. The number of carbonyl (C=O) groups excluding carboxylic acids is 1. The highest BCUT2D eigenvalue weighted by Crippen LogP contribution is 2.24. The molecule has 0 atom stereocenters. The minimum atomic E-state index is -0.837. The lowest BCUT2D eigenvalue weighted by Gasteiger charge is -2.27. The van der Waals surface area contributed by atoms with Crippen molar-refractivity contribution in [3.63, 3.8) is 0 Å². The molecular formula is C25H25FN4O3. The molecule has 0 bridgehead atoms. The van der Waals surface area contributed by atoms with Gasteiger partial charge in [-0.3, -0.25) is 9.59 Å². The van der Waals surface area contributed by atoms with Crippen LogP contribution in [0, 0.1) is 5.82 Å². The molecule has 4 aromatic rings. The molecule has 0 radical (unpaired) electrons. The number of hydrogen-bond donors (Lipinski definition) is 3. The van der Waals surface area contributed by atoms with Gasteiger partial charge in [-0.05, 0) is 49.7 Å². The average Bonchev–Trinajstić information content (AvgIpc) is 2.79. The van der Waals surface area contributed by atoms with Gasteiger partial charge in [0.15, 0.2) is 5.43 Å². The van der Waals surface area contributed by atoms with Crippen molar-refractivity contribution in [2.24, 2.45) is 0 Å². The van der Waals surface area contributed by atoms with E-state index in [1.54, 1.807) is 50.4 Å². The lowest BCUT2D eigenvalue weighted by molar-refractivity contribution is 0.0908. The van der Waals surface area contributed by atoms with E-state index < -0.39 is 17.3 Å². The molecule has 2 aromatic carbocycles. The molecule has 0 saturated carbocycles. The molecule has 1 amide bonds. The van der Waals surface area contributed by atoms with Crippen LogP contribution in [0.4, 0.5) is 10.2 Å². The second-order valence-corrected chi connectivity index (χ2v) is 8.51. The molecular weight excluding hydrogens is 423 g/mol. The number of hydrogen-bond acceptors (Lipinski definition) is 5. The van der Waals surface area contributed by atoms with E-state index in [0.717, 1.165) is 11.6 Å². The number of nitrogens with one attached hydrogen (secondary N) is 2. The number of fused-ring (bicyclic) bond motifs is 2. The van der Waals surface area contributed by atoms with Crippen molar-refractivity contribution in [3.05, 3.63) is 81.9 Å². The van der Waals surface area contributed by atoms with Crippen LogP contribution in [-0.2, 0) is 5.54 Å². The zero-order chi connectivity index (χ0) is 23.8. The van der Waals surface area contributed by atoms with Gasteiger partial charge in [0.05, 0.1) is 23.2 Å². The van der Waals surface area contributed by atoms with Crippen molar-refractivity contribution in [1.82, 2.24) is 15.3 Å². The SMILES string of the molecule is CN(CCO)c1ccc(C(C)(C)NC(=O)c2cc3[nH]c4ccccc4c(=O)c3cc2F)cn1. The Kier molecular flexibility index (Phi) is 5.86. The predicted molar refractivity (Wildman–Crippen MR) is 127 cm³/mol. The van der Waals surface area contributed by atoms with Crippen LogP contribution in [0.5, 0.6) is 0 Å². The lowest BCUT2D eigenvalue weighted by Crippen LogP contribution is -2.41. The number of H-pyrrole nitrogens is 1. The summed E-state index contributed by atoms with van der Waals surface area (Å²) >= 11 is 0. The van der Waals surface area contributed by atoms with Crippen LogP contribution in [0.3, 0.4) is 0 Å². The van der Waals surface area contributed by atoms with E-state index in [2.05, 4.69) is 15.3 Å². The predicted octanol–water partition coefficient (Wildman–Crippen LogP) is 3.31. The van der Waals surface area contributed by atoms with Gasteiger partial charge in [-0.15, -0.1) is 0 Å². The number of aromatic nitrogens is 2. The van der Waals surface area contributed by atoms with Gasteiger partial charge in [0.1, 0.15) is 11.6 Å². The Bertz CT molecular complexity index is 1400. The number of halogens is 1. The summed E-state index contributed by atoms with van der Waals surface area (Å²) in [5.41, 5.74) is 0.456. The normalized spacial score (nSPS) is 11.7. The Balaban J connectivity index is 1.64. The Labute approximate surface area is 189 Å². The van der Waals surface area contributed by atoms with Crippen LogP contribution in [0.2, 0.25) is 0 Å². The zero-order valence-corrected chi connectivity index (χ0v) is 18.6. The average molecular weight is 448 g/mol. The number of aromatic amines is 1. The minimum Gasteiger partial charge on any atom is -0.395 e. The smallest absolute Gasteiger partial charge is 0.255 e. The second kappa shape index (κ2) is 8.63. The molecule has 0 saturated heterocycles. The van der Waals surface area contributed by atoms with Crippen molar-refractivity contribution >= 4 is 33.5 Å². The third-order valence-corrected chi connectivity index (χ3v) is 5.76. The summed E-state index contributed by atoms with van der Waals surface area (Å²) in [7, 11) is 1.82. The number of benzene rings is 2. The van der Waals surface area contributed by atoms with Gasteiger partial charge < -0.3 is 20.3 Å². The van der Waals surface area contributed by atoms with E-state index in [9.17, 15) is 14.0 Å². The summed E-state index contributed by atoms with van der Waals surface area (Å²) in [4.78, 5) is 35.1. The summed E-state index contributed by atoms with van der Waals surface area (Å²) in [5, 5.41) is 12.6. The monoisotopic (exact) mass is 448 g/mol. The first-order valence-corrected chi connectivity index (χ1v) is 10.6. The third-order valence-electron chi connectivity index (χ3n) is 5.76. The van der Waals surface area contributed by atoms with Crippen LogP contribution in [0.1, 0.15) is 29.8 Å². The van der Waals surface area contributed by atoms with Crippen molar-refractivity contribution in [2.75, 3.05) is 25.1 Å². The maximum absolute atomic E-state index is 14.9. The molecule has 8 heteroatoms. The molecule has 0 unspecified atom stereocenters. The molecule has 3 N–H and O–H groups in total. The number of nitrogens with zero attached hydrogens (tertiary/aromatic N) is 2. The number of para-hydroxylation sites is 1. The van der Waals surface area contributed by atoms with E-state index in [1.807, 2.05) is 18.0 Å². The topological polar surface area (TPSA) is 98.3 Å². The summed E-state index contributed by atoms with van der Waals surface area (Å²) < 4.78 is 14.9. The minimum absolute atomic E-state index is 0.0138. The van der Waals surface area contributed by atoms with Crippen molar-refractivity contribution in [3.8, 4) is 0 Å². The number of pyridine rings is 2. The van der Waals surface area contributed by atoms with Gasteiger partial charge in [0.2, 0.25) is 0 Å². The first kappa shape index (κ1) is 22.4. The van der Waals surface area contributed by atoms with Gasteiger partial charge >= 0.3 is 0 Å². The molecule has 4 rings (SSSR count). The second-order valence-electron chi connectivity index (χ2n) is 8.51. The van der Waals surface area contributed by atoms with Crippen LogP contribution in [0.15, 0.2) is 59.5 Å². The molecule has 0 fully saturated rings.